The second kappa shape index (κ2) is 5.39. The molecular weight excluding hydrogens is 291 g/mol. The number of aliphatic hydroxyl groups is 1. The van der Waals surface area contributed by atoms with Crippen LogP contribution in [0.3, 0.4) is 0 Å². The Morgan fingerprint density at radius 3 is 2.00 bits per heavy atom. The fourth-order valence-electron chi connectivity index (χ4n) is 2.86. The summed E-state index contributed by atoms with van der Waals surface area (Å²) in [7, 11) is -3.19. The first-order valence-corrected chi connectivity index (χ1v) is 9.07. The Morgan fingerprint density at radius 1 is 0.864 bits per heavy atom. The molecule has 2 aromatic carbocycles. The van der Waals surface area contributed by atoms with Crippen molar-refractivity contribution >= 4 is 12.4 Å². The highest BCUT2D eigenvalue weighted by molar-refractivity contribution is 7.75. The third kappa shape index (κ3) is 2.20. The van der Waals surface area contributed by atoms with Crippen molar-refractivity contribution in [2.75, 3.05) is 0 Å². The zero-order valence-electron chi connectivity index (χ0n) is 12.7. The van der Waals surface area contributed by atoms with Crippen molar-refractivity contribution in [1.82, 2.24) is 0 Å². The Morgan fingerprint density at radius 2 is 1.41 bits per heavy atom. The van der Waals surface area contributed by atoms with Gasteiger partial charge >= 0.3 is 0 Å². The standard InChI is InChI=1S/C19H19O2P/c1-15-13-19(20,17-9-5-3-6-10-17)22(21,14-16(15)2)18-11-7-4-8-12-18/h3-14,20H,1-2H3. The first kappa shape index (κ1) is 15.0. The second-order valence-corrected chi connectivity index (χ2v) is 8.50. The molecule has 1 aliphatic rings. The number of benzene rings is 2. The van der Waals surface area contributed by atoms with Gasteiger partial charge in [0.15, 0.2) is 12.5 Å². The van der Waals surface area contributed by atoms with Crippen molar-refractivity contribution in [2.24, 2.45) is 0 Å². The molecule has 2 atom stereocenters. The number of rotatable bonds is 2. The van der Waals surface area contributed by atoms with Crippen LogP contribution in [0.5, 0.6) is 0 Å². The average molecular weight is 310 g/mol. The predicted molar refractivity (Wildman–Crippen MR) is 91.5 cm³/mol. The van der Waals surface area contributed by atoms with E-state index in [2.05, 4.69) is 0 Å². The van der Waals surface area contributed by atoms with Crippen LogP contribution in [0.2, 0.25) is 0 Å². The molecule has 2 aromatic rings. The van der Waals surface area contributed by atoms with E-state index >= 15 is 0 Å². The maximum Gasteiger partial charge on any atom is 0.174 e. The molecule has 0 radical (unpaired) electrons. The van der Waals surface area contributed by atoms with Crippen molar-refractivity contribution in [1.29, 1.82) is 0 Å². The Kier molecular flexibility index (Phi) is 3.68. The van der Waals surface area contributed by atoms with E-state index in [-0.39, 0.29) is 0 Å². The van der Waals surface area contributed by atoms with Crippen LogP contribution in [-0.4, -0.2) is 5.11 Å². The van der Waals surface area contributed by atoms with Crippen LogP contribution >= 0.6 is 7.14 Å². The van der Waals surface area contributed by atoms with Gasteiger partial charge in [-0.15, -0.1) is 0 Å². The van der Waals surface area contributed by atoms with Crippen LogP contribution in [0.1, 0.15) is 19.4 Å². The minimum atomic E-state index is -3.19. The largest absolute Gasteiger partial charge is 0.373 e. The van der Waals surface area contributed by atoms with Crippen molar-refractivity contribution in [2.45, 2.75) is 19.2 Å². The number of hydrogen-bond acceptors (Lipinski definition) is 2. The van der Waals surface area contributed by atoms with Crippen LogP contribution in [0.4, 0.5) is 0 Å². The molecule has 1 heterocycles. The van der Waals surface area contributed by atoms with Gasteiger partial charge < -0.3 is 9.67 Å². The van der Waals surface area contributed by atoms with Gasteiger partial charge in [0.2, 0.25) is 0 Å². The van der Waals surface area contributed by atoms with E-state index in [1.807, 2.05) is 74.5 Å². The highest BCUT2D eigenvalue weighted by atomic mass is 31.2. The van der Waals surface area contributed by atoms with Gasteiger partial charge in [0.05, 0.1) is 0 Å². The maximum absolute atomic E-state index is 13.9. The third-order valence-electron chi connectivity index (χ3n) is 4.26. The smallest absolute Gasteiger partial charge is 0.174 e. The van der Waals surface area contributed by atoms with E-state index in [4.69, 9.17) is 0 Å². The van der Waals surface area contributed by atoms with Crippen LogP contribution in [0, 0.1) is 0 Å². The summed E-state index contributed by atoms with van der Waals surface area (Å²) in [5.74, 6) is 1.75. The van der Waals surface area contributed by atoms with Gasteiger partial charge in [-0.3, -0.25) is 0 Å². The molecule has 112 valence electrons. The molecule has 3 rings (SSSR count). The monoisotopic (exact) mass is 310 g/mol. The molecular formula is C19H19O2P. The van der Waals surface area contributed by atoms with Crippen LogP contribution in [-0.2, 0) is 9.91 Å². The highest BCUT2D eigenvalue weighted by Crippen LogP contribution is 2.65. The third-order valence-corrected chi connectivity index (χ3v) is 7.48. The lowest BCUT2D eigenvalue weighted by Crippen LogP contribution is -2.30. The summed E-state index contributed by atoms with van der Waals surface area (Å²) >= 11 is 0. The molecule has 0 amide bonds. The molecule has 3 heteroatoms. The topological polar surface area (TPSA) is 37.3 Å². The SMILES string of the molecule is CC1=CC(O)(c2ccccc2)P(=O)(c2ccccc2)C=C1C. The molecule has 0 bridgehead atoms. The van der Waals surface area contributed by atoms with E-state index < -0.39 is 12.5 Å². The first-order chi connectivity index (χ1) is 10.5. The van der Waals surface area contributed by atoms with Gasteiger partial charge in [-0.05, 0) is 42.5 Å². The van der Waals surface area contributed by atoms with Gasteiger partial charge in [0.25, 0.3) is 0 Å². The van der Waals surface area contributed by atoms with E-state index in [0.717, 1.165) is 11.1 Å². The minimum absolute atomic E-state index is 0.658. The Balaban J connectivity index is 2.29. The van der Waals surface area contributed by atoms with Crippen molar-refractivity contribution < 1.29 is 9.67 Å². The van der Waals surface area contributed by atoms with E-state index in [9.17, 15) is 9.67 Å². The van der Waals surface area contributed by atoms with Crippen LogP contribution in [0.15, 0.2) is 83.7 Å². The molecule has 0 saturated carbocycles. The van der Waals surface area contributed by atoms with Crippen LogP contribution in [0.25, 0.3) is 0 Å². The summed E-state index contributed by atoms with van der Waals surface area (Å²) < 4.78 is 13.9. The quantitative estimate of drug-likeness (QED) is 0.836. The number of allylic oxidation sites excluding steroid dienone is 2. The molecule has 0 aliphatic carbocycles. The fraction of sp³-hybridized carbons (Fsp3) is 0.158. The van der Waals surface area contributed by atoms with Gasteiger partial charge in [-0.2, -0.15) is 0 Å². The highest BCUT2D eigenvalue weighted by Gasteiger charge is 2.48. The average Bonchev–Trinajstić information content (AvgIpc) is 2.55. The normalized spacial score (nSPS) is 28.0. The van der Waals surface area contributed by atoms with Crippen molar-refractivity contribution in [3.05, 3.63) is 89.3 Å². The summed E-state index contributed by atoms with van der Waals surface area (Å²) in [6.45, 7) is 3.88. The predicted octanol–water partition coefficient (Wildman–Crippen LogP) is 4.38. The zero-order valence-corrected chi connectivity index (χ0v) is 13.6. The summed E-state index contributed by atoms with van der Waals surface area (Å²) in [6.07, 6.45) is 1.74. The lowest BCUT2D eigenvalue weighted by Gasteiger charge is -2.37. The molecule has 0 spiro atoms. The molecule has 0 aromatic heterocycles. The van der Waals surface area contributed by atoms with Crippen LogP contribution < -0.4 is 5.30 Å². The fourth-order valence-corrected chi connectivity index (χ4v) is 5.89. The molecule has 2 nitrogen and oxygen atoms in total. The summed E-state index contributed by atoms with van der Waals surface area (Å²) in [4.78, 5) is 0. The Labute approximate surface area is 131 Å². The lowest BCUT2D eigenvalue weighted by molar-refractivity contribution is 0.175. The van der Waals surface area contributed by atoms with Crippen molar-refractivity contribution in [3.8, 4) is 0 Å². The molecule has 1 aliphatic heterocycles. The van der Waals surface area contributed by atoms with E-state index in [0.29, 0.717) is 10.9 Å². The second-order valence-electron chi connectivity index (χ2n) is 5.73. The Bertz CT molecular complexity index is 791. The summed E-state index contributed by atoms with van der Waals surface area (Å²) in [5.41, 5.74) is 2.56. The van der Waals surface area contributed by atoms with E-state index in [1.54, 1.807) is 11.9 Å². The molecule has 0 saturated heterocycles. The molecule has 22 heavy (non-hydrogen) atoms. The Hall–Kier alpha value is -1.89. The zero-order chi connectivity index (χ0) is 15.8. The van der Waals surface area contributed by atoms with E-state index in [1.165, 1.54) is 0 Å². The van der Waals surface area contributed by atoms with Gasteiger partial charge in [-0.1, -0.05) is 60.7 Å². The maximum atomic E-state index is 13.9. The summed E-state index contributed by atoms with van der Waals surface area (Å²) in [6, 6.07) is 18.5. The molecule has 0 fully saturated rings. The van der Waals surface area contributed by atoms with Gasteiger partial charge in [0.1, 0.15) is 0 Å². The van der Waals surface area contributed by atoms with Gasteiger partial charge in [0, 0.05) is 5.30 Å². The molecule has 2 unspecified atom stereocenters. The first-order valence-electron chi connectivity index (χ1n) is 7.30. The minimum Gasteiger partial charge on any atom is -0.373 e. The molecule has 1 N–H and O–H groups in total. The summed E-state index contributed by atoms with van der Waals surface area (Å²) in [5, 5.41) is 10.6. The lowest BCUT2D eigenvalue weighted by atomic mass is 10.0. The van der Waals surface area contributed by atoms with Crippen molar-refractivity contribution in [3.63, 3.8) is 0 Å². The van der Waals surface area contributed by atoms with Gasteiger partial charge in [-0.25, -0.2) is 0 Å². The number of hydrogen-bond donors (Lipinski definition) is 1.